The van der Waals surface area contributed by atoms with Crippen LogP contribution < -0.4 is 0 Å². The van der Waals surface area contributed by atoms with E-state index in [1.165, 1.54) is 11.1 Å². The molecule has 13 heavy (non-hydrogen) atoms. The van der Waals surface area contributed by atoms with Crippen molar-refractivity contribution >= 4 is 0 Å². The molecule has 1 aromatic heterocycles. The zero-order valence-electron chi connectivity index (χ0n) is 7.73. The molecule has 0 saturated heterocycles. The van der Waals surface area contributed by atoms with E-state index in [4.69, 9.17) is 0 Å². The summed E-state index contributed by atoms with van der Waals surface area (Å²) in [6, 6.07) is 6.29. The minimum atomic E-state index is 1.10. The SMILES string of the molecule is Cc1ccc(-n2cnnc2)cc1C. The van der Waals surface area contributed by atoms with E-state index >= 15 is 0 Å². The molecule has 0 aliphatic carbocycles. The first-order valence-electron chi connectivity index (χ1n) is 4.19. The first kappa shape index (κ1) is 7.98. The van der Waals surface area contributed by atoms with Crippen LogP contribution in [0.5, 0.6) is 0 Å². The molecule has 0 unspecified atom stereocenters. The van der Waals surface area contributed by atoms with Crippen molar-refractivity contribution in [2.45, 2.75) is 13.8 Å². The van der Waals surface area contributed by atoms with Gasteiger partial charge in [-0.05, 0) is 37.1 Å². The van der Waals surface area contributed by atoms with Crippen molar-refractivity contribution in [2.24, 2.45) is 0 Å². The molecule has 0 spiro atoms. The second-order valence-electron chi connectivity index (χ2n) is 3.14. The molecule has 0 aliphatic rings. The highest BCUT2D eigenvalue weighted by atomic mass is 15.2. The van der Waals surface area contributed by atoms with Gasteiger partial charge in [0.05, 0.1) is 0 Å². The predicted octanol–water partition coefficient (Wildman–Crippen LogP) is 1.88. The summed E-state index contributed by atoms with van der Waals surface area (Å²) in [5.74, 6) is 0. The van der Waals surface area contributed by atoms with Gasteiger partial charge in [-0.25, -0.2) is 0 Å². The lowest BCUT2D eigenvalue weighted by Crippen LogP contribution is -1.91. The first-order chi connectivity index (χ1) is 6.27. The Morgan fingerprint density at radius 2 is 1.69 bits per heavy atom. The zero-order valence-corrected chi connectivity index (χ0v) is 7.73. The molecule has 2 rings (SSSR count). The van der Waals surface area contributed by atoms with E-state index < -0.39 is 0 Å². The van der Waals surface area contributed by atoms with Crippen molar-refractivity contribution in [3.05, 3.63) is 42.0 Å². The topological polar surface area (TPSA) is 30.7 Å². The van der Waals surface area contributed by atoms with Gasteiger partial charge in [-0.3, -0.25) is 4.57 Å². The van der Waals surface area contributed by atoms with E-state index in [1.807, 2.05) is 4.57 Å². The van der Waals surface area contributed by atoms with E-state index in [0.717, 1.165) is 5.69 Å². The highest BCUT2D eigenvalue weighted by molar-refractivity contribution is 5.39. The maximum atomic E-state index is 3.76. The van der Waals surface area contributed by atoms with Crippen molar-refractivity contribution in [3.63, 3.8) is 0 Å². The Morgan fingerprint density at radius 3 is 2.31 bits per heavy atom. The van der Waals surface area contributed by atoms with Crippen LogP contribution in [0.15, 0.2) is 30.9 Å². The second-order valence-corrected chi connectivity index (χ2v) is 3.14. The maximum absolute atomic E-state index is 3.76. The summed E-state index contributed by atoms with van der Waals surface area (Å²) in [6.45, 7) is 4.20. The number of benzene rings is 1. The van der Waals surface area contributed by atoms with Crippen LogP contribution in [0.2, 0.25) is 0 Å². The Balaban J connectivity index is 2.49. The molecule has 0 N–H and O–H groups in total. The predicted molar refractivity (Wildman–Crippen MR) is 50.8 cm³/mol. The van der Waals surface area contributed by atoms with Gasteiger partial charge in [-0.15, -0.1) is 10.2 Å². The molecule has 0 fully saturated rings. The number of nitrogens with zero attached hydrogens (tertiary/aromatic N) is 3. The Bertz CT molecular complexity index is 404. The first-order valence-corrected chi connectivity index (χ1v) is 4.19. The number of hydrogen-bond donors (Lipinski definition) is 0. The quantitative estimate of drug-likeness (QED) is 0.659. The van der Waals surface area contributed by atoms with Crippen LogP contribution >= 0.6 is 0 Å². The molecular weight excluding hydrogens is 162 g/mol. The summed E-state index contributed by atoms with van der Waals surface area (Å²) < 4.78 is 1.90. The third kappa shape index (κ3) is 1.45. The zero-order chi connectivity index (χ0) is 9.26. The van der Waals surface area contributed by atoms with Crippen molar-refractivity contribution in [2.75, 3.05) is 0 Å². The van der Waals surface area contributed by atoms with Crippen molar-refractivity contribution in [3.8, 4) is 5.69 Å². The third-order valence-electron chi connectivity index (χ3n) is 2.21. The van der Waals surface area contributed by atoms with Gasteiger partial charge < -0.3 is 0 Å². The fourth-order valence-corrected chi connectivity index (χ4v) is 1.22. The van der Waals surface area contributed by atoms with E-state index in [-0.39, 0.29) is 0 Å². The maximum Gasteiger partial charge on any atom is 0.123 e. The Morgan fingerprint density at radius 1 is 1.00 bits per heavy atom. The van der Waals surface area contributed by atoms with Crippen LogP contribution in [0.1, 0.15) is 11.1 Å². The van der Waals surface area contributed by atoms with Crippen molar-refractivity contribution in [1.29, 1.82) is 0 Å². The van der Waals surface area contributed by atoms with E-state index in [9.17, 15) is 0 Å². The monoisotopic (exact) mass is 173 g/mol. The highest BCUT2D eigenvalue weighted by Gasteiger charge is 1.97. The molecule has 0 atom stereocenters. The number of aromatic nitrogens is 3. The van der Waals surface area contributed by atoms with Gasteiger partial charge in [-0.1, -0.05) is 6.07 Å². The van der Waals surface area contributed by atoms with Gasteiger partial charge in [0.2, 0.25) is 0 Å². The molecule has 2 aromatic rings. The highest BCUT2D eigenvalue weighted by Crippen LogP contribution is 2.12. The average Bonchev–Trinajstić information content (AvgIpc) is 2.62. The van der Waals surface area contributed by atoms with Gasteiger partial charge in [0.25, 0.3) is 0 Å². The van der Waals surface area contributed by atoms with Gasteiger partial charge in [-0.2, -0.15) is 0 Å². The minimum absolute atomic E-state index is 1.10. The van der Waals surface area contributed by atoms with Crippen LogP contribution in [0.3, 0.4) is 0 Å². The number of hydrogen-bond acceptors (Lipinski definition) is 2. The fourth-order valence-electron chi connectivity index (χ4n) is 1.22. The van der Waals surface area contributed by atoms with Crippen LogP contribution in [-0.2, 0) is 0 Å². The molecule has 66 valence electrons. The smallest absolute Gasteiger partial charge is 0.123 e. The molecule has 0 bridgehead atoms. The summed E-state index contributed by atoms with van der Waals surface area (Å²) in [4.78, 5) is 0. The Kier molecular flexibility index (Phi) is 1.85. The molecule has 1 aromatic carbocycles. The standard InChI is InChI=1S/C10H11N3/c1-8-3-4-10(5-9(8)2)13-6-11-12-7-13/h3-7H,1-2H3. The lowest BCUT2D eigenvalue weighted by Gasteiger charge is -2.04. The van der Waals surface area contributed by atoms with Crippen LogP contribution in [-0.4, -0.2) is 14.8 Å². The lowest BCUT2D eigenvalue weighted by atomic mass is 10.1. The molecule has 3 heteroatoms. The van der Waals surface area contributed by atoms with E-state index in [0.29, 0.717) is 0 Å². The van der Waals surface area contributed by atoms with Gasteiger partial charge in [0.15, 0.2) is 0 Å². The largest absolute Gasteiger partial charge is 0.288 e. The summed E-state index contributed by atoms with van der Waals surface area (Å²) in [5.41, 5.74) is 3.69. The van der Waals surface area contributed by atoms with E-state index in [1.54, 1.807) is 12.7 Å². The molecule has 3 nitrogen and oxygen atoms in total. The molecule has 1 heterocycles. The van der Waals surface area contributed by atoms with Crippen LogP contribution in [0, 0.1) is 13.8 Å². The summed E-state index contributed by atoms with van der Waals surface area (Å²) in [5, 5.41) is 7.53. The molecule has 0 radical (unpaired) electrons. The van der Waals surface area contributed by atoms with Crippen LogP contribution in [0.25, 0.3) is 5.69 Å². The molecule has 0 saturated carbocycles. The van der Waals surface area contributed by atoms with E-state index in [2.05, 4.69) is 42.2 Å². The lowest BCUT2D eigenvalue weighted by molar-refractivity contribution is 1.05. The van der Waals surface area contributed by atoms with Crippen molar-refractivity contribution < 1.29 is 0 Å². The van der Waals surface area contributed by atoms with Gasteiger partial charge in [0.1, 0.15) is 12.7 Å². The third-order valence-corrected chi connectivity index (χ3v) is 2.21. The summed E-state index contributed by atoms with van der Waals surface area (Å²) >= 11 is 0. The average molecular weight is 173 g/mol. The van der Waals surface area contributed by atoms with Gasteiger partial charge >= 0.3 is 0 Å². The number of rotatable bonds is 1. The van der Waals surface area contributed by atoms with Crippen LogP contribution in [0.4, 0.5) is 0 Å². The Labute approximate surface area is 77.0 Å². The van der Waals surface area contributed by atoms with Crippen molar-refractivity contribution in [1.82, 2.24) is 14.8 Å². The number of aryl methyl sites for hydroxylation is 2. The second kappa shape index (κ2) is 3.01. The molecule has 0 aliphatic heterocycles. The Hall–Kier alpha value is -1.64. The summed E-state index contributed by atoms with van der Waals surface area (Å²) in [6.07, 6.45) is 3.40. The molecular formula is C10H11N3. The summed E-state index contributed by atoms with van der Waals surface area (Å²) in [7, 11) is 0. The van der Waals surface area contributed by atoms with Gasteiger partial charge in [0, 0.05) is 5.69 Å². The normalized spacial score (nSPS) is 10.3. The fraction of sp³-hybridized carbons (Fsp3) is 0.200. The molecule has 0 amide bonds. The minimum Gasteiger partial charge on any atom is -0.288 e.